The number of Topliss-reactive ketones (excluding diaryl/α,β-unsaturated/α-hetero) is 1. The Hall–Kier alpha value is -3.25. The van der Waals surface area contributed by atoms with Gasteiger partial charge in [-0.3, -0.25) is 9.59 Å². The van der Waals surface area contributed by atoms with E-state index in [1.165, 1.54) is 13.0 Å². The smallest absolute Gasteiger partial charge is 0.248 e. The summed E-state index contributed by atoms with van der Waals surface area (Å²) in [6.07, 6.45) is 3.16. The summed E-state index contributed by atoms with van der Waals surface area (Å²) < 4.78 is 5.85. The number of thiazole rings is 1. The maximum atomic E-state index is 12.2. The first-order valence-corrected chi connectivity index (χ1v) is 9.62. The van der Waals surface area contributed by atoms with Crippen molar-refractivity contribution in [3.63, 3.8) is 0 Å². The van der Waals surface area contributed by atoms with Gasteiger partial charge in [0.05, 0.1) is 10.7 Å². The maximum Gasteiger partial charge on any atom is 0.248 e. The molecule has 6 heteroatoms. The molecule has 1 heterocycles. The number of hydrogen-bond acceptors (Lipinski definition) is 5. The summed E-state index contributed by atoms with van der Waals surface area (Å²) in [5.74, 6) is 0.408. The Bertz CT molecular complexity index is 1010. The van der Waals surface area contributed by atoms with Gasteiger partial charge in [-0.15, -0.1) is 11.3 Å². The Morgan fingerprint density at radius 1 is 1.14 bits per heavy atom. The zero-order valence-electron chi connectivity index (χ0n) is 15.6. The van der Waals surface area contributed by atoms with E-state index >= 15 is 0 Å². The molecule has 0 aliphatic rings. The topological polar surface area (TPSA) is 68.3 Å². The van der Waals surface area contributed by atoms with Crippen molar-refractivity contribution in [2.45, 2.75) is 20.5 Å². The van der Waals surface area contributed by atoms with Crippen LogP contribution in [0.5, 0.6) is 5.75 Å². The lowest BCUT2D eigenvalue weighted by atomic mass is 10.1. The third-order valence-electron chi connectivity index (χ3n) is 3.93. The van der Waals surface area contributed by atoms with Crippen molar-refractivity contribution in [1.29, 1.82) is 0 Å². The molecule has 3 aromatic rings. The van der Waals surface area contributed by atoms with E-state index in [0.717, 1.165) is 16.3 Å². The van der Waals surface area contributed by atoms with E-state index in [1.54, 1.807) is 41.7 Å². The maximum absolute atomic E-state index is 12.2. The molecule has 0 saturated carbocycles. The molecule has 0 atom stereocenters. The van der Waals surface area contributed by atoms with E-state index in [-0.39, 0.29) is 11.7 Å². The molecule has 5 nitrogen and oxygen atoms in total. The average molecular weight is 392 g/mol. The highest BCUT2D eigenvalue weighted by Crippen LogP contribution is 2.21. The van der Waals surface area contributed by atoms with Crippen LogP contribution >= 0.6 is 11.3 Å². The molecule has 28 heavy (non-hydrogen) atoms. The van der Waals surface area contributed by atoms with E-state index < -0.39 is 0 Å². The summed E-state index contributed by atoms with van der Waals surface area (Å²) in [5.41, 5.74) is 2.92. The van der Waals surface area contributed by atoms with Gasteiger partial charge in [0.15, 0.2) is 5.78 Å². The number of amides is 1. The van der Waals surface area contributed by atoms with Gasteiger partial charge < -0.3 is 10.1 Å². The van der Waals surface area contributed by atoms with Gasteiger partial charge in [-0.05, 0) is 50.3 Å². The molecule has 142 valence electrons. The molecule has 1 N–H and O–H groups in total. The highest BCUT2D eigenvalue weighted by atomic mass is 32.1. The van der Waals surface area contributed by atoms with Crippen LogP contribution in [-0.2, 0) is 11.4 Å². The summed E-state index contributed by atoms with van der Waals surface area (Å²) in [5, 5.41) is 5.74. The summed E-state index contributed by atoms with van der Waals surface area (Å²) >= 11 is 1.58. The molecule has 2 aromatic carbocycles. The molecule has 0 radical (unpaired) electrons. The molecular weight excluding hydrogens is 372 g/mol. The Morgan fingerprint density at radius 3 is 2.57 bits per heavy atom. The van der Waals surface area contributed by atoms with E-state index in [9.17, 15) is 9.59 Å². The highest BCUT2D eigenvalue weighted by molar-refractivity contribution is 7.09. The highest BCUT2D eigenvalue weighted by Gasteiger charge is 2.05. The second-order valence-corrected chi connectivity index (χ2v) is 7.20. The Morgan fingerprint density at radius 2 is 1.89 bits per heavy atom. The SMILES string of the molecule is CC(=O)c1ccc(NC(=O)/C=C/c2ccccc2OCc2csc(C)n2)cc1. The van der Waals surface area contributed by atoms with Crippen LogP contribution in [0.1, 0.15) is 33.5 Å². The van der Waals surface area contributed by atoms with Crippen LogP contribution in [-0.4, -0.2) is 16.7 Å². The van der Waals surface area contributed by atoms with Gasteiger partial charge in [-0.2, -0.15) is 0 Å². The van der Waals surface area contributed by atoms with Gasteiger partial charge >= 0.3 is 0 Å². The fourth-order valence-corrected chi connectivity index (χ4v) is 3.11. The molecule has 0 aliphatic carbocycles. The molecular formula is C22H20N2O3S. The Labute approximate surface area is 167 Å². The molecule has 0 bridgehead atoms. The number of hydrogen-bond donors (Lipinski definition) is 1. The molecule has 0 saturated heterocycles. The largest absolute Gasteiger partial charge is 0.487 e. The summed E-state index contributed by atoms with van der Waals surface area (Å²) in [6.45, 7) is 3.84. The van der Waals surface area contributed by atoms with Crippen molar-refractivity contribution < 1.29 is 14.3 Å². The number of aryl methyl sites for hydroxylation is 1. The first-order valence-electron chi connectivity index (χ1n) is 8.74. The molecule has 0 fully saturated rings. The minimum atomic E-state index is -0.263. The van der Waals surface area contributed by atoms with Gasteiger partial charge in [-0.1, -0.05) is 18.2 Å². The van der Waals surface area contributed by atoms with E-state index in [0.29, 0.717) is 23.6 Å². The number of anilines is 1. The average Bonchev–Trinajstić information content (AvgIpc) is 3.11. The second kappa shape index (κ2) is 9.10. The molecule has 0 spiro atoms. The van der Waals surface area contributed by atoms with Crippen molar-refractivity contribution >= 4 is 34.8 Å². The Balaban J connectivity index is 1.63. The second-order valence-electron chi connectivity index (χ2n) is 6.14. The number of rotatable bonds is 7. The number of carbonyl (C=O) groups excluding carboxylic acids is 2. The van der Waals surface area contributed by atoms with E-state index in [1.807, 2.05) is 36.6 Å². The zero-order chi connectivity index (χ0) is 19.9. The van der Waals surface area contributed by atoms with E-state index in [2.05, 4.69) is 10.3 Å². The predicted octanol–water partition coefficient (Wildman–Crippen LogP) is 4.89. The molecule has 3 rings (SSSR count). The lowest BCUT2D eigenvalue weighted by Gasteiger charge is -2.08. The lowest BCUT2D eigenvalue weighted by molar-refractivity contribution is -0.111. The van der Waals surface area contributed by atoms with Crippen LogP contribution in [0.3, 0.4) is 0 Å². The number of para-hydroxylation sites is 1. The standard InChI is InChI=1S/C22H20N2O3S/c1-15(25)17-7-10-19(11-8-17)24-22(26)12-9-18-5-3-4-6-21(18)27-13-20-14-28-16(2)23-20/h3-12,14H,13H2,1-2H3,(H,24,26)/b12-9+. The number of carbonyl (C=O) groups is 2. The lowest BCUT2D eigenvalue weighted by Crippen LogP contribution is -2.08. The number of ether oxygens (including phenoxy) is 1. The third-order valence-corrected chi connectivity index (χ3v) is 4.76. The molecule has 1 aromatic heterocycles. The summed E-state index contributed by atoms with van der Waals surface area (Å²) in [6, 6.07) is 14.3. The predicted molar refractivity (Wildman–Crippen MR) is 112 cm³/mol. The van der Waals surface area contributed by atoms with Gasteiger partial charge in [0.2, 0.25) is 5.91 Å². The monoisotopic (exact) mass is 392 g/mol. The zero-order valence-corrected chi connectivity index (χ0v) is 16.5. The quantitative estimate of drug-likeness (QED) is 0.459. The molecule has 1 amide bonds. The van der Waals surface area contributed by atoms with Crippen molar-refractivity contribution in [2.24, 2.45) is 0 Å². The van der Waals surface area contributed by atoms with Crippen LogP contribution in [0.25, 0.3) is 6.08 Å². The van der Waals surface area contributed by atoms with Gasteiger partial charge in [0.1, 0.15) is 12.4 Å². The van der Waals surface area contributed by atoms with Crippen LogP contribution in [0, 0.1) is 6.92 Å². The van der Waals surface area contributed by atoms with Gasteiger partial charge in [0, 0.05) is 28.3 Å². The molecule has 0 unspecified atom stereocenters. The van der Waals surface area contributed by atoms with E-state index in [4.69, 9.17) is 4.74 Å². The van der Waals surface area contributed by atoms with Crippen molar-refractivity contribution in [3.8, 4) is 5.75 Å². The summed E-state index contributed by atoms with van der Waals surface area (Å²) in [4.78, 5) is 27.9. The van der Waals surface area contributed by atoms with Crippen molar-refractivity contribution in [1.82, 2.24) is 4.98 Å². The van der Waals surface area contributed by atoms with Crippen LogP contribution < -0.4 is 10.1 Å². The number of benzene rings is 2. The van der Waals surface area contributed by atoms with Gasteiger partial charge in [0.25, 0.3) is 0 Å². The number of ketones is 1. The van der Waals surface area contributed by atoms with Crippen LogP contribution in [0.15, 0.2) is 60.0 Å². The number of nitrogens with one attached hydrogen (secondary N) is 1. The number of aromatic nitrogens is 1. The van der Waals surface area contributed by atoms with Gasteiger partial charge in [-0.25, -0.2) is 4.98 Å². The number of nitrogens with zero attached hydrogens (tertiary/aromatic N) is 1. The summed E-state index contributed by atoms with van der Waals surface area (Å²) in [7, 11) is 0. The normalized spacial score (nSPS) is 10.8. The van der Waals surface area contributed by atoms with Crippen molar-refractivity contribution in [3.05, 3.63) is 81.8 Å². The fraction of sp³-hybridized carbons (Fsp3) is 0.136. The Kier molecular flexibility index (Phi) is 6.34. The van der Waals surface area contributed by atoms with Crippen molar-refractivity contribution in [2.75, 3.05) is 5.32 Å². The van der Waals surface area contributed by atoms with Crippen LogP contribution in [0.2, 0.25) is 0 Å². The minimum absolute atomic E-state index is 0.0119. The third kappa shape index (κ3) is 5.37. The minimum Gasteiger partial charge on any atom is -0.487 e. The van der Waals surface area contributed by atoms with Crippen LogP contribution in [0.4, 0.5) is 5.69 Å². The first kappa shape index (κ1) is 19.5. The fourth-order valence-electron chi connectivity index (χ4n) is 2.51. The first-order chi connectivity index (χ1) is 13.5. The molecule has 0 aliphatic heterocycles.